The summed E-state index contributed by atoms with van der Waals surface area (Å²) in [4.78, 5) is 22.8. The first kappa shape index (κ1) is 22.3. The topological polar surface area (TPSA) is 105 Å². The van der Waals surface area contributed by atoms with Crippen LogP contribution < -0.4 is 4.90 Å². The SMILES string of the molecule is N#Cc1ccc(N2CCC(C(=O)OCc3nc(-c4ccc(C(F)(F)F)cc4)no3)CC2)nc1. The number of aromatic nitrogens is 3. The van der Waals surface area contributed by atoms with E-state index >= 15 is 0 Å². The summed E-state index contributed by atoms with van der Waals surface area (Å²) >= 11 is 0. The van der Waals surface area contributed by atoms with Crippen LogP contribution in [0.5, 0.6) is 0 Å². The highest BCUT2D eigenvalue weighted by molar-refractivity contribution is 5.72. The second kappa shape index (κ2) is 9.28. The zero-order chi connectivity index (χ0) is 23.4. The molecule has 1 aromatic carbocycles. The molecule has 0 unspecified atom stereocenters. The van der Waals surface area contributed by atoms with Crippen LogP contribution in [0, 0.1) is 17.2 Å². The predicted octanol–water partition coefficient (Wildman–Crippen LogP) is 3.98. The lowest BCUT2D eigenvalue weighted by atomic mass is 9.97. The lowest BCUT2D eigenvalue weighted by molar-refractivity contribution is -0.151. The van der Waals surface area contributed by atoms with E-state index in [-0.39, 0.29) is 30.2 Å². The molecule has 33 heavy (non-hydrogen) atoms. The van der Waals surface area contributed by atoms with Crippen molar-refractivity contribution in [3.05, 3.63) is 59.6 Å². The van der Waals surface area contributed by atoms with Crippen molar-refractivity contribution in [1.82, 2.24) is 15.1 Å². The van der Waals surface area contributed by atoms with Gasteiger partial charge in [-0.25, -0.2) is 4.98 Å². The number of benzene rings is 1. The van der Waals surface area contributed by atoms with Gasteiger partial charge < -0.3 is 14.2 Å². The maximum atomic E-state index is 12.7. The first-order valence-electron chi connectivity index (χ1n) is 10.1. The van der Waals surface area contributed by atoms with Crippen molar-refractivity contribution in [2.75, 3.05) is 18.0 Å². The monoisotopic (exact) mass is 457 g/mol. The molecule has 170 valence electrons. The molecular formula is C22H18F3N5O3. The average Bonchev–Trinajstić information content (AvgIpc) is 3.31. The molecule has 4 rings (SSSR count). The second-order valence-electron chi connectivity index (χ2n) is 7.47. The number of ether oxygens (including phenoxy) is 1. The molecular weight excluding hydrogens is 439 g/mol. The zero-order valence-corrected chi connectivity index (χ0v) is 17.2. The summed E-state index contributed by atoms with van der Waals surface area (Å²) in [7, 11) is 0. The fourth-order valence-electron chi connectivity index (χ4n) is 3.47. The van der Waals surface area contributed by atoms with Gasteiger partial charge in [0.05, 0.1) is 17.0 Å². The third kappa shape index (κ3) is 5.28. The highest BCUT2D eigenvalue weighted by Gasteiger charge is 2.30. The van der Waals surface area contributed by atoms with E-state index in [1.54, 1.807) is 12.1 Å². The smallest absolute Gasteiger partial charge is 0.416 e. The lowest BCUT2D eigenvalue weighted by Crippen LogP contribution is -2.37. The molecule has 0 saturated carbocycles. The number of anilines is 1. The van der Waals surface area contributed by atoms with Gasteiger partial charge >= 0.3 is 12.1 Å². The highest BCUT2D eigenvalue weighted by Crippen LogP contribution is 2.30. The molecule has 3 heterocycles. The standard InChI is InChI=1S/C22H18F3N5O3/c23-22(24,25)17-4-2-15(3-5-17)20-28-19(33-29-20)13-32-21(31)16-7-9-30(10-8-16)18-6-1-14(11-26)12-27-18/h1-6,12,16H,7-10,13H2. The minimum Gasteiger partial charge on any atom is -0.455 e. The zero-order valence-electron chi connectivity index (χ0n) is 17.2. The van der Waals surface area contributed by atoms with Crippen LogP contribution in [-0.2, 0) is 22.3 Å². The van der Waals surface area contributed by atoms with Gasteiger partial charge in [0.25, 0.3) is 5.89 Å². The number of hydrogen-bond acceptors (Lipinski definition) is 8. The van der Waals surface area contributed by atoms with Crippen LogP contribution in [0.2, 0.25) is 0 Å². The minimum atomic E-state index is -4.43. The Morgan fingerprint density at radius 3 is 2.52 bits per heavy atom. The molecule has 0 aliphatic carbocycles. The van der Waals surface area contributed by atoms with Gasteiger partial charge in [-0.15, -0.1) is 0 Å². The maximum absolute atomic E-state index is 12.7. The number of alkyl halides is 3. The van der Waals surface area contributed by atoms with Crippen LogP contribution in [0.3, 0.4) is 0 Å². The van der Waals surface area contributed by atoms with Gasteiger partial charge in [-0.05, 0) is 37.1 Å². The fourth-order valence-corrected chi connectivity index (χ4v) is 3.47. The van der Waals surface area contributed by atoms with Crippen LogP contribution >= 0.6 is 0 Å². The fraction of sp³-hybridized carbons (Fsp3) is 0.318. The Hall–Kier alpha value is -3.94. The second-order valence-corrected chi connectivity index (χ2v) is 7.47. The third-order valence-electron chi connectivity index (χ3n) is 5.31. The summed E-state index contributed by atoms with van der Waals surface area (Å²) in [5, 5.41) is 12.6. The Kier molecular flexibility index (Phi) is 6.26. The van der Waals surface area contributed by atoms with Gasteiger partial charge in [-0.3, -0.25) is 4.79 Å². The Morgan fingerprint density at radius 2 is 1.91 bits per heavy atom. The van der Waals surface area contributed by atoms with Crippen LogP contribution in [0.25, 0.3) is 11.4 Å². The molecule has 1 aliphatic heterocycles. The number of nitrogens with zero attached hydrogens (tertiary/aromatic N) is 5. The van der Waals surface area contributed by atoms with Gasteiger partial charge in [-0.2, -0.15) is 23.4 Å². The van der Waals surface area contributed by atoms with Crippen LogP contribution in [-0.4, -0.2) is 34.2 Å². The number of halogens is 3. The molecule has 1 aliphatic rings. The van der Waals surface area contributed by atoms with Gasteiger partial charge in [0.15, 0.2) is 6.61 Å². The van der Waals surface area contributed by atoms with E-state index in [9.17, 15) is 18.0 Å². The molecule has 3 aromatic rings. The number of esters is 1. The van der Waals surface area contributed by atoms with E-state index in [0.717, 1.165) is 18.0 Å². The highest BCUT2D eigenvalue weighted by atomic mass is 19.4. The Labute approximate surface area is 186 Å². The first-order valence-corrected chi connectivity index (χ1v) is 10.1. The summed E-state index contributed by atoms with van der Waals surface area (Å²) in [6.45, 7) is 1.03. The van der Waals surface area contributed by atoms with Gasteiger partial charge in [0.2, 0.25) is 5.82 Å². The molecule has 0 atom stereocenters. The Bertz CT molecular complexity index is 1150. The van der Waals surface area contributed by atoms with E-state index in [1.807, 2.05) is 11.0 Å². The third-order valence-corrected chi connectivity index (χ3v) is 5.31. The van der Waals surface area contributed by atoms with Crippen molar-refractivity contribution in [3.63, 3.8) is 0 Å². The van der Waals surface area contributed by atoms with Crippen LogP contribution in [0.4, 0.5) is 19.0 Å². The predicted molar refractivity (Wildman–Crippen MR) is 108 cm³/mol. The Balaban J connectivity index is 1.27. The molecule has 8 nitrogen and oxygen atoms in total. The number of rotatable bonds is 5. The number of carbonyl (C=O) groups is 1. The minimum absolute atomic E-state index is 0.0532. The molecule has 11 heteroatoms. The molecule has 0 bridgehead atoms. The summed E-state index contributed by atoms with van der Waals surface area (Å²) < 4.78 is 48.4. The number of pyridine rings is 1. The Morgan fingerprint density at radius 1 is 1.18 bits per heavy atom. The number of piperidine rings is 1. The summed E-state index contributed by atoms with van der Waals surface area (Å²) in [6.07, 6.45) is -1.74. The molecule has 1 saturated heterocycles. The van der Waals surface area contributed by atoms with E-state index in [2.05, 4.69) is 15.1 Å². The summed E-state index contributed by atoms with van der Waals surface area (Å²) in [6, 6.07) is 9.88. The largest absolute Gasteiger partial charge is 0.455 e. The first-order chi connectivity index (χ1) is 15.8. The van der Waals surface area contributed by atoms with Gasteiger partial charge in [-0.1, -0.05) is 17.3 Å². The molecule has 0 spiro atoms. The number of carbonyl (C=O) groups excluding carboxylic acids is 1. The summed E-state index contributed by atoms with van der Waals surface area (Å²) in [5.74, 6) is 0.256. The van der Waals surface area contributed by atoms with E-state index in [4.69, 9.17) is 14.5 Å². The van der Waals surface area contributed by atoms with Gasteiger partial charge in [0.1, 0.15) is 11.9 Å². The van der Waals surface area contributed by atoms with Crippen molar-refractivity contribution in [3.8, 4) is 17.5 Å². The molecule has 0 radical (unpaired) electrons. The van der Waals surface area contributed by atoms with Crippen molar-refractivity contribution >= 4 is 11.8 Å². The van der Waals surface area contributed by atoms with E-state index < -0.39 is 11.7 Å². The van der Waals surface area contributed by atoms with Crippen molar-refractivity contribution in [2.45, 2.75) is 25.6 Å². The number of nitriles is 1. The summed E-state index contributed by atoms with van der Waals surface area (Å²) in [5.41, 5.74) is 0.0674. The molecule has 0 N–H and O–H groups in total. The van der Waals surface area contributed by atoms with Crippen molar-refractivity contribution in [2.24, 2.45) is 5.92 Å². The van der Waals surface area contributed by atoms with Crippen LogP contribution in [0.1, 0.15) is 29.9 Å². The quantitative estimate of drug-likeness (QED) is 0.530. The van der Waals surface area contributed by atoms with Crippen molar-refractivity contribution < 1.29 is 27.2 Å². The van der Waals surface area contributed by atoms with Crippen LogP contribution in [0.15, 0.2) is 47.1 Å². The molecule has 1 fully saturated rings. The molecule has 0 amide bonds. The normalized spacial score (nSPS) is 14.7. The van der Waals surface area contributed by atoms with Crippen molar-refractivity contribution in [1.29, 1.82) is 5.26 Å². The van der Waals surface area contributed by atoms with E-state index in [0.29, 0.717) is 37.1 Å². The average molecular weight is 457 g/mol. The molecule has 2 aromatic heterocycles. The number of hydrogen-bond donors (Lipinski definition) is 0. The van der Waals surface area contributed by atoms with E-state index in [1.165, 1.54) is 18.3 Å². The maximum Gasteiger partial charge on any atom is 0.416 e. The lowest BCUT2D eigenvalue weighted by Gasteiger charge is -2.31. The van der Waals surface area contributed by atoms with Gasteiger partial charge in [0, 0.05) is 24.8 Å².